The number of benzene rings is 3. The molecule has 0 atom stereocenters. The Kier molecular flexibility index (Phi) is 7.12. The number of aryl methyl sites for hydroxylation is 1. The zero-order chi connectivity index (χ0) is 26.8. The van der Waals surface area contributed by atoms with Gasteiger partial charge in [-0.25, -0.2) is 4.79 Å². The maximum atomic E-state index is 12.8. The smallest absolute Gasteiger partial charge is 0.416 e. The van der Waals surface area contributed by atoms with Crippen molar-refractivity contribution in [3.05, 3.63) is 89.6 Å². The summed E-state index contributed by atoms with van der Waals surface area (Å²) in [5.74, 6) is -0.119. The molecule has 5 nitrogen and oxygen atoms in total. The molecule has 0 unspecified atom stereocenters. The first-order valence-corrected chi connectivity index (χ1v) is 11.7. The number of nitrogens with zero attached hydrogens (tertiary/aromatic N) is 1. The average Bonchev–Trinajstić information content (AvgIpc) is 2.84. The van der Waals surface area contributed by atoms with Gasteiger partial charge in [-0.3, -0.25) is 4.98 Å². The molecule has 4 rings (SSSR count). The maximum Gasteiger partial charge on any atom is 0.416 e. The molecule has 1 aromatic heterocycles. The molecule has 0 radical (unpaired) electrons. The number of aromatic nitrogens is 1. The zero-order valence-corrected chi connectivity index (χ0v) is 20.6. The summed E-state index contributed by atoms with van der Waals surface area (Å²) in [5.41, 5.74) is 0.789. The van der Waals surface area contributed by atoms with Gasteiger partial charge in [-0.05, 0) is 56.0 Å². The van der Waals surface area contributed by atoms with Gasteiger partial charge < -0.3 is 14.6 Å². The van der Waals surface area contributed by atoms with E-state index in [1.165, 1.54) is 26.0 Å². The Morgan fingerprint density at radius 1 is 0.973 bits per heavy atom. The van der Waals surface area contributed by atoms with Crippen molar-refractivity contribution in [2.75, 3.05) is 6.61 Å². The topological polar surface area (TPSA) is 68.7 Å². The van der Waals surface area contributed by atoms with Crippen LogP contribution in [0.25, 0.3) is 22.0 Å². The molecule has 8 heteroatoms. The summed E-state index contributed by atoms with van der Waals surface area (Å²) >= 11 is 0. The van der Waals surface area contributed by atoms with Gasteiger partial charge in [-0.15, -0.1) is 0 Å². The first-order valence-electron chi connectivity index (χ1n) is 11.7. The minimum Gasteiger partial charge on any atom is -0.492 e. The Bertz CT molecular complexity index is 1430. The van der Waals surface area contributed by atoms with Gasteiger partial charge in [0.1, 0.15) is 11.5 Å². The van der Waals surface area contributed by atoms with Crippen molar-refractivity contribution in [3.63, 3.8) is 0 Å². The van der Waals surface area contributed by atoms with E-state index in [0.717, 1.165) is 34.2 Å². The summed E-state index contributed by atoms with van der Waals surface area (Å²) in [6, 6.07) is 19.7. The molecule has 0 saturated carbocycles. The molecule has 3 aromatic carbocycles. The van der Waals surface area contributed by atoms with Crippen LogP contribution in [0.2, 0.25) is 0 Å². The first-order chi connectivity index (χ1) is 17.4. The van der Waals surface area contributed by atoms with E-state index in [9.17, 15) is 23.1 Å². The van der Waals surface area contributed by atoms with E-state index in [2.05, 4.69) is 4.98 Å². The number of ether oxygens (including phenoxy) is 2. The summed E-state index contributed by atoms with van der Waals surface area (Å²) in [4.78, 5) is 16.1. The molecular weight excluding hydrogens is 483 g/mol. The van der Waals surface area contributed by atoms with Crippen molar-refractivity contribution in [2.45, 2.75) is 39.0 Å². The fourth-order valence-electron chi connectivity index (χ4n) is 3.88. The van der Waals surface area contributed by atoms with Gasteiger partial charge in [-0.2, -0.15) is 13.2 Å². The number of carboxylic acid groups (broad SMARTS) is 1. The number of hydrogen-bond acceptors (Lipinski definition) is 4. The number of halogens is 3. The Balaban J connectivity index is 1.49. The highest BCUT2D eigenvalue weighted by Gasteiger charge is 2.30. The first kappa shape index (κ1) is 26.0. The largest absolute Gasteiger partial charge is 0.492 e. The third-order valence-electron chi connectivity index (χ3n) is 6.02. The van der Waals surface area contributed by atoms with Crippen LogP contribution in [-0.4, -0.2) is 28.3 Å². The highest BCUT2D eigenvalue weighted by atomic mass is 19.4. The third kappa shape index (κ3) is 6.02. The fourth-order valence-corrected chi connectivity index (χ4v) is 3.88. The van der Waals surface area contributed by atoms with Gasteiger partial charge in [0.25, 0.3) is 0 Å². The second kappa shape index (κ2) is 10.1. The van der Waals surface area contributed by atoms with E-state index in [-0.39, 0.29) is 0 Å². The quantitative estimate of drug-likeness (QED) is 0.275. The van der Waals surface area contributed by atoms with Gasteiger partial charge in [0.15, 0.2) is 5.60 Å². The van der Waals surface area contributed by atoms with Crippen LogP contribution in [0.5, 0.6) is 11.5 Å². The lowest BCUT2D eigenvalue weighted by Gasteiger charge is -2.22. The summed E-state index contributed by atoms with van der Waals surface area (Å²) < 4.78 is 50.3. The Labute approximate surface area is 212 Å². The second-order valence-electron chi connectivity index (χ2n) is 9.17. The normalized spacial score (nSPS) is 11.9. The van der Waals surface area contributed by atoms with E-state index in [0.29, 0.717) is 35.8 Å². The van der Waals surface area contributed by atoms with Crippen LogP contribution in [0.3, 0.4) is 0 Å². The lowest BCUT2D eigenvalue weighted by atomic mass is 10.1. The van der Waals surface area contributed by atoms with Crippen LogP contribution in [-0.2, 0) is 17.4 Å². The fraction of sp³-hybridized carbons (Fsp3) is 0.241. The molecule has 1 N–H and O–H groups in total. The number of aliphatic carboxylic acids is 1. The maximum absolute atomic E-state index is 12.8. The minimum atomic E-state index is -4.38. The van der Waals surface area contributed by atoms with Crippen molar-refractivity contribution in [2.24, 2.45) is 0 Å². The lowest BCUT2D eigenvalue weighted by molar-refractivity contribution is -0.152. The molecule has 4 aromatic rings. The van der Waals surface area contributed by atoms with E-state index >= 15 is 0 Å². The number of hydrogen-bond donors (Lipinski definition) is 1. The van der Waals surface area contributed by atoms with Crippen molar-refractivity contribution >= 4 is 16.7 Å². The zero-order valence-electron chi connectivity index (χ0n) is 20.6. The molecule has 37 heavy (non-hydrogen) atoms. The number of rotatable bonds is 8. The van der Waals surface area contributed by atoms with Crippen molar-refractivity contribution in [3.8, 4) is 22.8 Å². The summed E-state index contributed by atoms with van der Waals surface area (Å²) in [5, 5.41) is 11.1. The molecule has 0 fully saturated rings. The standard InChI is InChI=1S/C29H26F3NO4/c1-18-19(10-13-25(33-18)20-8-11-22(12-9-20)29(30,31)32)14-15-36-26-17-23(37-28(2,3)27(34)35)16-21-6-4-5-7-24(21)26/h4-13,16-17H,14-15H2,1-3H3,(H,34,35). The predicted molar refractivity (Wildman–Crippen MR) is 135 cm³/mol. The molecule has 0 bridgehead atoms. The van der Waals surface area contributed by atoms with Crippen LogP contribution in [0.4, 0.5) is 13.2 Å². The highest BCUT2D eigenvalue weighted by Crippen LogP contribution is 2.34. The molecule has 1 heterocycles. The van der Waals surface area contributed by atoms with Crippen LogP contribution < -0.4 is 9.47 Å². The van der Waals surface area contributed by atoms with Crippen LogP contribution >= 0.6 is 0 Å². The molecule has 0 aliphatic heterocycles. The molecule has 0 aliphatic carbocycles. The summed E-state index contributed by atoms with van der Waals surface area (Å²) in [6.45, 7) is 5.14. The highest BCUT2D eigenvalue weighted by molar-refractivity contribution is 5.90. The van der Waals surface area contributed by atoms with Crippen LogP contribution in [0.1, 0.15) is 30.7 Å². The SMILES string of the molecule is Cc1nc(-c2ccc(C(F)(F)F)cc2)ccc1CCOc1cc(OC(C)(C)C(=O)O)cc2ccccc12. The Morgan fingerprint density at radius 3 is 2.32 bits per heavy atom. The monoisotopic (exact) mass is 509 g/mol. The van der Waals surface area contributed by atoms with Gasteiger partial charge >= 0.3 is 12.1 Å². The Morgan fingerprint density at radius 2 is 1.68 bits per heavy atom. The lowest BCUT2D eigenvalue weighted by Crippen LogP contribution is -2.37. The minimum absolute atomic E-state index is 0.331. The predicted octanol–water partition coefficient (Wildman–Crippen LogP) is 7.09. The van der Waals surface area contributed by atoms with Gasteiger partial charge in [-0.1, -0.05) is 42.5 Å². The van der Waals surface area contributed by atoms with Gasteiger partial charge in [0, 0.05) is 29.1 Å². The van der Waals surface area contributed by atoms with Crippen molar-refractivity contribution in [1.82, 2.24) is 4.98 Å². The van der Waals surface area contributed by atoms with Crippen molar-refractivity contribution in [1.29, 1.82) is 0 Å². The number of carbonyl (C=O) groups is 1. The van der Waals surface area contributed by atoms with Crippen LogP contribution in [0.15, 0.2) is 72.8 Å². The second-order valence-corrected chi connectivity index (χ2v) is 9.17. The summed E-state index contributed by atoms with van der Waals surface area (Å²) in [6.07, 6.45) is -3.83. The van der Waals surface area contributed by atoms with E-state index < -0.39 is 23.3 Å². The van der Waals surface area contributed by atoms with E-state index in [1.54, 1.807) is 18.2 Å². The number of carboxylic acids is 1. The molecule has 0 saturated heterocycles. The molecular formula is C29H26F3NO4. The number of pyridine rings is 1. The average molecular weight is 510 g/mol. The molecule has 0 amide bonds. The molecule has 0 spiro atoms. The number of fused-ring (bicyclic) bond motifs is 1. The third-order valence-corrected chi connectivity index (χ3v) is 6.02. The van der Waals surface area contributed by atoms with Crippen LogP contribution in [0, 0.1) is 6.92 Å². The van der Waals surface area contributed by atoms with Gasteiger partial charge in [0.2, 0.25) is 0 Å². The van der Waals surface area contributed by atoms with Gasteiger partial charge in [0.05, 0.1) is 17.9 Å². The number of alkyl halides is 3. The Hall–Kier alpha value is -4.07. The molecule has 192 valence electrons. The molecule has 0 aliphatic rings. The van der Waals surface area contributed by atoms with E-state index in [1.807, 2.05) is 37.3 Å². The van der Waals surface area contributed by atoms with E-state index in [4.69, 9.17) is 9.47 Å². The summed E-state index contributed by atoms with van der Waals surface area (Å²) in [7, 11) is 0. The van der Waals surface area contributed by atoms with Crippen molar-refractivity contribution < 1.29 is 32.5 Å².